The number of rotatable bonds is 7. The smallest absolute Gasteiger partial charge is 0.333 e. The lowest BCUT2D eigenvalue weighted by molar-refractivity contribution is -0.150. The van der Waals surface area contributed by atoms with Crippen LogP contribution in [0.15, 0.2) is 24.3 Å². The molecule has 1 N–H and O–H groups in total. The Bertz CT molecular complexity index is 348. The molecule has 1 aromatic carbocycles. The second kappa shape index (κ2) is 7.30. The van der Waals surface area contributed by atoms with Crippen LogP contribution >= 0.6 is 11.6 Å². The van der Waals surface area contributed by atoms with Gasteiger partial charge in [-0.1, -0.05) is 37.1 Å². The van der Waals surface area contributed by atoms with Crippen LogP contribution in [0.5, 0.6) is 0 Å². The average Bonchev–Trinajstić information content (AvgIpc) is 2.30. The Balaban J connectivity index is 2.54. The minimum absolute atomic E-state index is 0.371. The monoisotopic (exact) mass is 256 g/mol. The normalized spacial score (nSPS) is 12.4. The van der Waals surface area contributed by atoms with Crippen molar-refractivity contribution in [3.05, 3.63) is 34.9 Å². The van der Waals surface area contributed by atoms with E-state index in [0.29, 0.717) is 18.1 Å². The molecular formula is C13H17ClO3. The number of carbonyl (C=O) groups is 1. The van der Waals surface area contributed by atoms with E-state index in [1.807, 2.05) is 19.1 Å². The van der Waals surface area contributed by atoms with Gasteiger partial charge < -0.3 is 9.84 Å². The zero-order valence-electron chi connectivity index (χ0n) is 9.86. The van der Waals surface area contributed by atoms with E-state index < -0.39 is 12.1 Å². The summed E-state index contributed by atoms with van der Waals surface area (Å²) in [4.78, 5) is 11.0. The number of ether oxygens (including phenoxy) is 1. The second-order valence-corrected chi connectivity index (χ2v) is 4.32. The highest BCUT2D eigenvalue weighted by Gasteiger charge is 2.18. The van der Waals surface area contributed by atoms with Gasteiger partial charge in [0.05, 0.1) is 0 Å². The maximum absolute atomic E-state index is 11.0. The number of halogens is 1. The van der Waals surface area contributed by atoms with Crippen LogP contribution in [0.25, 0.3) is 0 Å². The van der Waals surface area contributed by atoms with Crippen LogP contribution in [-0.4, -0.2) is 23.8 Å². The summed E-state index contributed by atoms with van der Waals surface area (Å²) in [6, 6.07) is 7.15. The lowest BCUT2D eigenvalue weighted by atomic mass is 10.1. The predicted octanol–water partition coefficient (Wildman–Crippen LogP) is 3.15. The lowest BCUT2D eigenvalue weighted by Crippen LogP contribution is -2.26. The van der Waals surface area contributed by atoms with Crippen molar-refractivity contribution in [3.8, 4) is 0 Å². The first kappa shape index (κ1) is 14.0. The van der Waals surface area contributed by atoms with Gasteiger partial charge in [0.15, 0.2) is 6.10 Å². The van der Waals surface area contributed by atoms with Gasteiger partial charge in [-0.2, -0.15) is 0 Å². The molecule has 0 fully saturated rings. The summed E-state index contributed by atoms with van der Waals surface area (Å²) in [6.45, 7) is 2.53. The van der Waals surface area contributed by atoms with Crippen LogP contribution in [-0.2, 0) is 16.0 Å². The summed E-state index contributed by atoms with van der Waals surface area (Å²) in [5, 5.41) is 9.68. The molecule has 0 saturated heterocycles. The molecular weight excluding hydrogens is 240 g/mol. The van der Waals surface area contributed by atoms with E-state index >= 15 is 0 Å². The van der Waals surface area contributed by atoms with Crippen molar-refractivity contribution in [2.45, 2.75) is 32.3 Å². The maximum Gasteiger partial charge on any atom is 0.333 e. The average molecular weight is 257 g/mol. The molecule has 1 atom stereocenters. The Labute approximate surface area is 106 Å². The summed E-state index contributed by atoms with van der Waals surface area (Å²) < 4.78 is 5.35. The summed E-state index contributed by atoms with van der Waals surface area (Å²) in [7, 11) is 0. The molecule has 0 bridgehead atoms. The quantitative estimate of drug-likeness (QED) is 0.763. The Morgan fingerprint density at radius 2 is 2.06 bits per heavy atom. The maximum atomic E-state index is 11.0. The Hall–Kier alpha value is -1.06. The molecule has 1 aromatic rings. The molecule has 0 aliphatic rings. The van der Waals surface area contributed by atoms with Crippen LogP contribution in [0.3, 0.4) is 0 Å². The summed E-state index contributed by atoms with van der Waals surface area (Å²) in [6.07, 6.45) is 1.47. The number of hydrogen-bond donors (Lipinski definition) is 1. The first-order valence-electron chi connectivity index (χ1n) is 5.72. The van der Waals surface area contributed by atoms with Crippen LogP contribution in [0.4, 0.5) is 0 Å². The van der Waals surface area contributed by atoms with Gasteiger partial charge in [-0.15, -0.1) is 0 Å². The molecule has 0 saturated carbocycles. The fourth-order valence-corrected chi connectivity index (χ4v) is 1.55. The van der Waals surface area contributed by atoms with Gasteiger partial charge in [0.2, 0.25) is 0 Å². The number of aliphatic carboxylic acids is 1. The van der Waals surface area contributed by atoms with Gasteiger partial charge in [-0.25, -0.2) is 4.79 Å². The number of benzene rings is 1. The van der Waals surface area contributed by atoms with E-state index in [9.17, 15) is 4.79 Å². The van der Waals surface area contributed by atoms with Gasteiger partial charge in [0, 0.05) is 18.1 Å². The third-order valence-corrected chi connectivity index (χ3v) is 2.68. The van der Waals surface area contributed by atoms with Crippen LogP contribution in [0.2, 0.25) is 5.02 Å². The van der Waals surface area contributed by atoms with Gasteiger partial charge in [0.25, 0.3) is 0 Å². The van der Waals surface area contributed by atoms with Crippen molar-refractivity contribution >= 4 is 17.6 Å². The Morgan fingerprint density at radius 1 is 1.41 bits per heavy atom. The van der Waals surface area contributed by atoms with E-state index in [1.165, 1.54) is 0 Å². The molecule has 0 heterocycles. The number of carboxylic acids is 1. The number of carboxylic acid groups (broad SMARTS) is 1. The third-order valence-electron chi connectivity index (χ3n) is 2.43. The predicted molar refractivity (Wildman–Crippen MR) is 67.4 cm³/mol. The van der Waals surface area contributed by atoms with E-state index in [2.05, 4.69) is 0 Å². The molecule has 3 nitrogen and oxygen atoms in total. The van der Waals surface area contributed by atoms with Gasteiger partial charge in [-0.05, 0) is 24.1 Å². The fourth-order valence-electron chi connectivity index (χ4n) is 1.42. The SMILES string of the molecule is CCCCO[C@H](Cc1ccc(Cl)cc1)C(=O)O. The lowest BCUT2D eigenvalue weighted by Gasteiger charge is -2.13. The topological polar surface area (TPSA) is 46.5 Å². The minimum Gasteiger partial charge on any atom is -0.479 e. The molecule has 0 aromatic heterocycles. The standard InChI is InChI=1S/C13H17ClO3/c1-2-3-8-17-12(13(15)16)9-10-4-6-11(14)7-5-10/h4-7,12H,2-3,8-9H2,1H3,(H,15,16)/t12-/m1/s1. The highest BCUT2D eigenvalue weighted by Crippen LogP contribution is 2.12. The third kappa shape index (κ3) is 5.20. The Morgan fingerprint density at radius 3 is 2.59 bits per heavy atom. The molecule has 0 spiro atoms. The molecule has 0 unspecified atom stereocenters. The fraction of sp³-hybridized carbons (Fsp3) is 0.462. The molecule has 1 rings (SSSR count). The highest BCUT2D eigenvalue weighted by atomic mass is 35.5. The molecule has 0 amide bonds. The van der Waals surface area contributed by atoms with E-state index in [1.54, 1.807) is 12.1 Å². The van der Waals surface area contributed by atoms with Crippen LogP contribution < -0.4 is 0 Å². The van der Waals surface area contributed by atoms with Crippen LogP contribution in [0.1, 0.15) is 25.3 Å². The first-order chi connectivity index (χ1) is 8.13. The van der Waals surface area contributed by atoms with Crippen molar-refractivity contribution in [3.63, 3.8) is 0 Å². The van der Waals surface area contributed by atoms with Crippen molar-refractivity contribution in [2.75, 3.05) is 6.61 Å². The highest BCUT2D eigenvalue weighted by molar-refractivity contribution is 6.30. The second-order valence-electron chi connectivity index (χ2n) is 3.88. The number of unbranched alkanes of at least 4 members (excludes halogenated alkanes) is 1. The van der Waals surface area contributed by atoms with Crippen molar-refractivity contribution in [1.29, 1.82) is 0 Å². The molecule has 17 heavy (non-hydrogen) atoms. The van der Waals surface area contributed by atoms with Crippen molar-refractivity contribution < 1.29 is 14.6 Å². The summed E-state index contributed by atoms with van der Waals surface area (Å²) >= 11 is 5.77. The van der Waals surface area contributed by atoms with E-state index in [-0.39, 0.29) is 0 Å². The summed E-state index contributed by atoms with van der Waals surface area (Å²) in [5.74, 6) is -0.920. The number of hydrogen-bond acceptors (Lipinski definition) is 2. The van der Waals surface area contributed by atoms with E-state index in [4.69, 9.17) is 21.4 Å². The van der Waals surface area contributed by atoms with E-state index in [0.717, 1.165) is 18.4 Å². The Kier molecular flexibility index (Phi) is 6.01. The van der Waals surface area contributed by atoms with Gasteiger partial charge in [0.1, 0.15) is 0 Å². The van der Waals surface area contributed by atoms with Gasteiger partial charge in [-0.3, -0.25) is 0 Å². The van der Waals surface area contributed by atoms with Crippen molar-refractivity contribution in [1.82, 2.24) is 0 Å². The first-order valence-corrected chi connectivity index (χ1v) is 6.10. The molecule has 0 radical (unpaired) electrons. The zero-order valence-corrected chi connectivity index (χ0v) is 10.6. The van der Waals surface area contributed by atoms with Crippen LogP contribution in [0, 0.1) is 0 Å². The minimum atomic E-state index is -0.920. The summed E-state index contributed by atoms with van der Waals surface area (Å²) in [5.41, 5.74) is 0.915. The van der Waals surface area contributed by atoms with Gasteiger partial charge >= 0.3 is 5.97 Å². The molecule has 94 valence electrons. The zero-order chi connectivity index (χ0) is 12.7. The molecule has 4 heteroatoms. The molecule has 0 aliphatic heterocycles. The van der Waals surface area contributed by atoms with Crippen molar-refractivity contribution in [2.24, 2.45) is 0 Å². The largest absolute Gasteiger partial charge is 0.479 e. The molecule has 0 aliphatic carbocycles.